The van der Waals surface area contributed by atoms with Gasteiger partial charge in [-0.2, -0.15) is 0 Å². The average molecular weight is 430 g/mol. The lowest BCUT2D eigenvalue weighted by atomic mass is 10.1. The van der Waals surface area contributed by atoms with Crippen LogP contribution in [0, 0.1) is 0 Å². The smallest absolute Gasteiger partial charge is 0.114 e. The van der Waals surface area contributed by atoms with Crippen LogP contribution in [-0.2, 0) is 0 Å². The molecule has 2 nitrogen and oxygen atoms in total. The van der Waals surface area contributed by atoms with Crippen molar-refractivity contribution in [3.63, 3.8) is 0 Å². The van der Waals surface area contributed by atoms with Gasteiger partial charge in [-0.05, 0) is 68.3 Å². The van der Waals surface area contributed by atoms with E-state index in [9.17, 15) is 0 Å². The summed E-state index contributed by atoms with van der Waals surface area (Å²) < 4.78 is 2.17. The van der Waals surface area contributed by atoms with Crippen LogP contribution < -0.4 is 5.32 Å². The molecule has 1 N–H and O–H groups in total. The highest BCUT2D eigenvalue weighted by atomic mass is 79.9. The summed E-state index contributed by atoms with van der Waals surface area (Å²) in [5.41, 5.74) is 2.45. The van der Waals surface area contributed by atoms with Crippen LogP contribution in [-0.4, -0.2) is 11.0 Å². The molecule has 0 amide bonds. The Bertz CT molecular complexity index is 635. The summed E-state index contributed by atoms with van der Waals surface area (Å²) in [5, 5.41) is 7.09. The van der Waals surface area contributed by atoms with Gasteiger partial charge in [-0.25, -0.2) is 4.98 Å². The maximum atomic E-state index is 4.85. The number of nitrogens with zero attached hydrogens (tertiary/aromatic N) is 1. The van der Waals surface area contributed by atoms with Crippen molar-refractivity contribution >= 4 is 43.2 Å². The van der Waals surface area contributed by atoms with Gasteiger partial charge in [0.05, 0.1) is 11.7 Å². The van der Waals surface area contributed by atoms with E-state index < -0.39 is 0 Å². The molecule has 0 bridgehead atoms. The van der Waals surface area contributed by atoms with Gasteiger partial charge in [0.15, 0.2) is 0 Å². The third kappa shape index (κ3) is 3.76. The van der Waals surface area contributed by atoms with Crippen molar-refractivity contribution in [3.8, 4) is 0 Å². The Morgan fingerprint density at radius 2 is 2.00 bits per heavy atom. The first kappa shape index (κ1) is 15.7. The van der Waals surface area contributed by atoms with Crippen molar-refractivity contribution in [2.75, 3.05) is 0 Å². The van der Waals surface area contributed by atoms with E-state index in [0.717, 1.165) is 8.95 Å². The number of benzene rings is 1. The minimum absolute atomic E-state index is 0.194. The van der Waals surface area contributed by atoms with Crippen LogP contribution in [0.2, 0.25) is 0 Å². The normalized spacial score (nSPS) is 16.4. The highest BCUT2D eigenvalue weighted by Crippen LogP contribution is 2.34. The highest BCUT2D eigenvalue weighted by Gasteiger charge is 2.28. The molecule has 5 heteroatoms. The molecule has 0 aliphatic heterocycles. The third-order valence-corrected chi connectivity index (χ3v) is 6.44. The first-order valence-corrected chi connectivity index (χ1v) is 9.67. The molecule has 1 atom stereocenters. The molecule has 0 spiro atoms. The van der Waals surface area contributed by atoms with Crippen LogP contribution >= 0.6 is 43.2 Å². The van der Waals surface area contributed by atoms with Gasteiger partial charge in [0.25, 0.3) is 0 Å². The van der Waals surface area contributed by atoms with Crippen molar-refractivity contribution < 1.29 is 0 Å². The fourth-order valence-electron chi connectivity index (χ4n) is 2.19. The number of hydrogen-bond donors (Lipinski definition) is 1. The minimum Gasteiger partial charge on any atom is -0.301 e. The van der Waals surface area contributed by atoms with Crippen LogP contribution in [0.15, 0.2) is 32.5 Å². The number of hydrogen-bond acceptors (Lipinski definition) is 3. The Labute approximate surface area is 146 Å². The Morgan fingerprint density at radius 3 is 2.57 bits per heavy atom. The molecular formula is C16H18Br2N2S. The van der Waals surface area contributed by atoms with E-state index in [1.54, 1.807) is 11.3 Å². The van der Waals surface area contributed by atoms with Gasteiger partial charge in [0, 0.05) is 20.4 Å². The SMILES string of the molecule is CC(C)c1csc(C(NC2CC2)c2ccc(Br)c(Br)c2)n1. The van der Waals surface area contributed by atoms with Gasteiger partial charge in [0.1, 0.15) is 5.01 Å². The van der Waals surface area contributed by atoms with E-state index in [4.69, 9.17) is 4.98 Å². The molecule has 1 aromatic carbocycles. The fourth-order valence-corrected chi connectivity index (χ4v) is 3.89. The quantitative estimate of drug-likeness (QED) is 0.665. The summed E-state index contributed by atoms with van der Waals surface area (Å²) >= 11 is 8.91. The molecule has 1 aromatic heterocycles. The Morgan fingerprint density at radius 1 is 1.24 bits per heavy atom. The van der Waals surface area contributed by atoms with E-state index >= 15 is 0 Å². The molecule has 1 aliphatic carbocycles. The van der Waals surface area contributed by atoms with Crippen LogP contribution in [0.1, 0.15) is 54.9 Å². The van der Waals surface area contributed by atoms with Crippen molar-refractivity contribution in [1.29, 1.82) is 0 Å². The topological polar surface area (TPSA) is 24.9 Å². The van der Waals surface area contributed by atoms with E-state index in [1.165, 1.54) is 29.1 Å². The van der Waals surface area contributed by atoms with Crippen molar-refractivity contribution in [2.45, 2.75) is 44.7 Å². The molecule has 1 heterocycles. The highest BCUT2D eigenvalue weighted by molar-refractivity contribution is 9.13. The number of halogens is 2. The standard InChI is InChI=1S/C16H18Br2N2S/c1-9(2)14-8-21-16(20-14)15(19-11-4-5-11)10-3-6-12(17)13(18)7-10/h3,6-9,11,15,19H,4-5H2,1-2H3. The lowest BCUT2D eigenvalue weighted by molar-refractivity contribution is 0.595. The van der Waals surface area contributed by atoms with Gasteiger partial charge in [-0.15, -0.1) is 11.3 Å². The molecule has 1 aliphatic rings. The Hall–Kier alpha value is -0.230. The maximum Gasteiger partial charge on any atom is 0.114 e. The van der Waals surface area contributed by atoms with Crippen molar-refractivity contribution in [2.24, 2.45) is 0 Å². The summed E-state index contributed by atoms with van der Waals surface area (Å²) in [6, 6.07) is 7.28. The van der Waals surface area contributed by atoms with E-state index in [2.05, 4.69) is 74.6 Å². The minimum atomic E-state index is 0.194. The first-order chi connectivity index (χ1) is 10.0. The Kier molecular flexibility index (Phi) is 4.84. The molecule has 3 rings (SSSR count). The summed E-state index contributed by atoms with van der Waals surface area (Å²) in [6.07, 6.45) is 2.55. The van der Waals surface area contributed by atoms with Crippen LogP contribution in [0.3, 0.4) is 0 Å². The van der Waals surface area contributed by atoms with Gasteiger partial charge >= 0.3 is 0 Å². The molecular weight excluding hydrogens is 412 g/mol. The summed E-state index contributed by atoms with van der Waals surface area (Å²) in [5.74, 6) is 0.480. The lowest BCUT2D eigenvalue weighted by Crippen LogP contribution is -2.24. The van der Waals surface area contributed by atoms with E-state index in [-0.39, 0.29) is 6.04 Å². The van der Waals surface area contributed by atoms with E-state index in [0.29, 0.717) is 12.0 Å². The van der Waals surface area contributed by atoms with Gasteiger partial charge < -0.3 is 5.32 Å². The van der Waals surface area contributed by atoms with Crippen molar-refractivity contribution in [3.05, 3.63) is 48.8 Å². The van der Waals surface area contributed by atoms with Gasteiger partial charge in [-0.3, -0.25) is 0 Å². The first-order valence-electron chi connectivity index (χ1n) is 7.21. The predicted molar refractivity (Wildman–Crippen MR) is 96.0 cm³/mol. The van der Waals surface area contributed by atoms with Crippen molar-refractivity contribution in [1.82, 2.24) is 10.3 Å². The fraction of sp³-hybridized carbons (Fsp3) is 0.438. The summed E-state index contributed by atoms with van der Waals surface area (Å²) in [4.78, 5) is 4.85. The molecule has 2 aromatic rings. The molecule has 1 unspecified atom stereocenters. The average Bonchev–Trinajstić information content (AvgIpc) is 3.13. The molecule has 21 heavy (non-hydrogen) atoms. The second kappa shape index (κ2) is 6.49. The van der Waals surface area contributed by atoms with Crippen LogP contribution in [0.4, 0.5) is 0 Å². The Balaban J connectivity index is 1.93. The number of aromatic nitrogens is 1. The maximum absolute atomic E-state index is 4.85. The zero-order chi connectivity index (χ0) is 15.0. The third-order valence-electron chi connectivity index (χ3n) is 3.63. The summed E-state index contributed by atoms with van der Waals surface area (Å²) in [7, 11) is 0. The molecule has 0 saturated heterocycles. The van der Waals surface area contributed by atoms with Gasteiger partial charge in [-0.1, -0.05) is 19.9 Å². The molecule has 1 saturated carbocycles. The zero-order valence-electron chi connectivity index (χ0n) is 12.1. The van der Waals surface area contributed by atoms with Crippen LogP contribution in [0.25, 0.3) is 0 Å². The van der Waals surface area contributed by atoms with Crippen LogP contribution in [0.5, 0.6) is 0 Å². The molecule has 1 fully saturated rings. The second-order valence-corrected chi connectivity index (χ2v) is 8.41. The molecule has 0 radical (unpaired) electrons. The predicted octanol–water partition coefficient (Wildman–Crippen LogP) is 5.63. The zero-order valence-corrected chi connectivity index (χ0v) is 16.1. The van der Waals surface area contributed by atoms with Gasteiger partial charge in [0.2, 0.25) is 0 Å². The summed E-state index contributed by atoms with van der Waals surface area (Å²) in [6.45, 7) is 4.39. The number of thiazole rings is 1. The van der Waals surface area contributed by atoms with E-state index in [1.807, 2.05) is 0 Å². The monoisotopic (exact) mass is 428 g/mol. The number of nitrogens with one attached hydrogen (secondary N) is 1. The number of rotatable bonds is 5. The largest absolute Gasteiger partial charge is 0.301 e. The lowest BCUT2D eigenvalue weighted by Gasteiger charge is -2.17. The second-order valence-electron chi connectivity index (χ2n) is 5.81. The molecule has 112 valence electrons.